The van der Waals surface area contributed by atoms with Crippen LogP contribution in [0.5, 0.6) is 0 Å². The van der Waals surface area contributed by atoms with Gasteiger partial charge in [0.1, 0.15) is 0 Å². The van der Waals surface area contributed by atoms with Crippen molar-refractivity contribution in [1.29, 1.82) is 0 Å². The molecule has 39 heavy (non-hydrogen) atoms. The smallest absolute Gasteiger partial charge is 0.319 e. The van der Waals surface area contributed by atoms with Gasteiger partial charge < -0.3 is 28.8 Å². The highest BCUT2D eigenvalue weighted by Gasteiger charge is 2.21. The summed E-state index contributed by atoms with van der Waals surface area (Å²) in [5.74, 6) is -3.90. The maximum absolute atomic E-state index is 12.0. The van der Waals surface area contributed by atoms with E-state index in [9.17, 15) is 28.8 Å². The van der Waals surface area contributed by atoms with E-state index in [0.717, 1.165) is 0 Å². The Bertz CT molecular complexity index is 792. The van der Waals surface area contributed by atoms with E-state index in [1.807, 2.05) is 0 Å². The molecule has 0 saturated heterocycles. The second kappa shape index (κ2) is 20.6. The molecule has 0 aromatic heterocycles. The lowest BCUT2D eigenvalue weighted by Gasteiger charge is -2.29. The van der Waals surface area contributed by atoms with Crippen LogP contribution in [0.3, 0.4) is 0 Å². The van der Waals surface area contributed by atoms with Crippen molar-refractivity contribution in [3.8, 4) is 0 Å². The van der Waals surface area contributed by atoms with Crippen LogP contribution >= 0.6 is 0 Å². The van der Waals surface area contributed by atoms with E-state index >= 15 is 0 Å². The highest BCUT2D eigenvalue weighted by Crippen LogP contribution is 2.00. The van der Waals surface area contributed by atoms with Crippen molar-refractivity contribution in [2.75, 3.05) is 114 Å². The molecule has 0 aromatic rings. The topological polar surface area (TPSA) is 182 Å². The second-order valence-corrected chi connectivity index (χ2v) is 8.25. The zero-order valence-electron chi connectivity index (χ0n) is 23.2. The predicted molar refractivity (Wildman–Crippen MR) is 133 cm³/mol. The number of carbonyl (C=O) groups is 6. The van der Waals surface area contributed by atoms with E-state index in [-0.39, 0.29) is 72.0 Å². The molecule has 0 unspecified atom stereocenters. The summed E-state index contributed by atoms with van der Waals surface area (Å²) < 4.78 is 23.5. The Morgan fingerprint density at radius 2 is 0.615 bits per heavy atom. The van der Waals surface area contributed by atoms with Crippen LogP contribution in [0.15, 0.2) is 0 Å². The monoisotopic (exact) mass is 564 g/mol. The first-order chi connectivity index (χ1) is 18.5. The summed E-state index contributed by atoms with van der Waals surface area (Å²) >= 11 is 0. The number of aliphatic carboxylic acids is 1. The summed E-state index contributed by atoms with van der Waals surface area (Å²) in [5.41, 5.74) is 0. The standard InChI is InChI=1S/C23H40N4O12/c1-35-19(30)13-24(8-10-26(12-18(28)29)15-21(32)37-3)6-7-25(14-20(31)36-2)9-11-27(16-22(33)38-4)17-23(34)39-5/h6-17H2,1-5H3,(H,28,29). The first kappa shape index (κ1) is 35.7. The fraction of sp³-hybridized carbons (Fsp3) is 0.739. The quantitative estimate of drug-likeness (QED) is 0.111. The number of carboxylic acid groups (broad SMARTS) is 1. The maximum atomic E-state index is 12.0. The van der Waals surface area contributed by atoms with Crippen LogP contribution < -0.4 is 0 Å². The molecule has 0 saturated carbocycles. The molecule has 0 aliphatic heterocycles. The van der Waals surface area contributed by atoms with Crippen molar-refractivity contribution < 1.29 is 57.6 Å². The van der Waals surface area contributed by atoms with Crippen LogP contribution in [-0.4, -0.2) is 175 Å². The fourth-order valence-electron chi connectivity index (χ4n) is 3.24. The zero-order valence-corrected chi connectivity index (χ0v) is 23.2. The Morgan fingerprint density at radius 3 is 0.846 bits per heavy atom. The number of carbonyl (C=O) groups excluding carboxylic acids is 5. The summed E-state index contributed by atoms with van der Waals surface area (Å²) in [6.07, 6.45) is 0. The Hall–Kier alpha value is -3.34. The van der Waals surface area contributed by atoms with Gasteiger partial charge in [-0.25, -0.2) is 0 Å². The van der Waals surface area contributed by atoms with Gasteiger partial charge in [0, 0.05) is 39.3 Å². The van der Waals surface area contributed by atoms with Crippen molar-refractivity contribution >= 4 is 35.8 Å². The van der Waals surface area contributed by atoms with E-state index in [1.54, 1.807) is 9.80 Å². The number of rotatable bonds is 21. The Balaban J connectivity index is 5.46. The summed E-state index contributed by atoms with van der Waals surface area (Å²) in [5, 5.41) is 9.15. The average molecular weight is 565 g/mol. The van der Waals surface area contributed by atoms with Crippen LogP contribution in [-0.2, 0) is 52.5 Å². The molecule has 0 spiro atoms. The zero-order chi connectivity index (χ0) is 29.8. The molecule has 0 atom stereocenters. The Morgan fingerprint density at radius 1 is 0.410 bits per heavy atom. The normalized spacial score (nSPS) is 11.0. The molecule has 16 nitrogen and oxygen atoms in total. The van der Waals surface area contributed by atoms with Gasteiger partial charge in [-0.3, -0.25) is 48.4 Å². The van der Waals surface area contributed by atoms with Crippen LogP contribution in [0.2, 0.25) is 0 Å². The van der Waals surface area contributed by atoms with Gasteiger partial charge in [0.2, 0.25) is 0 Å². The summed E-state index contributed by atoms with van der Waals surface area (Å²) in [4.78, 5) is 76.6. The van der Waals surface area contributed by atoms with Gasteiger partial charge >= 0.3 is 35.8 Å². The molecule has 0 aliphatic carbocycles. The molecule has 0 bridgehead atoms. The molecule has 224 valence electrons. The molecule has 0 fully saturated rings. The maximum Gasteiger partial charge on any atom is 0.319 e. The molecule has 1 N–H and O–H groups in total. The fourth-order valence-corrected chi connectivity index (χ4v) is 3.24. The van der Waals surface area contributed by atoms with E-state index in [4.69, 9.17) is 14.6 Å². The Labute approximate surface area is 227 Å². The third kappa shape index (κ3) is 17.7. The minimum atomic E-state index is -1.13. The molecule has 0 rings (SSSR count). The molecule has 0 aromatic carbocycles. The number of hydrogen-bond donors (Lipinski definition) is 1. The number of hydrogen-bond acceptors (Lipinski definition) is 15. The SMILES string of the molecule is COC(=O)CN(CCN(CCN(CC(=O)OC)CC(=O)OC)CC(=O)OC)CCN(CC(=O)O)CC(=O)OC. The van der Waals surface area contributed by atoms with Crippen molar-refractivity contribution in [3.05, 3.63) is 0 Å². The third-order valence-electron chi connectivity index (χ3n) is 5.46. The lowest BCUT2D eigenvalue weighted by molar-refractivity contribution is -0.147. The molecule has 0 radical (unpaired) electrons. The van der Waals surface area contributed by atoms with Gasteiger partial charge in [-0.2, -0.15) is 0 Å². The second-order valence-electron chi connectivity index (χ2n) is 8.25. The summed E-state index contributed by atoms with van der Waals surface area (Å²) in [6.45, 7) is 0.0172. The number of nitrogens with zero attached hydrogens (tertiary/aromatic N) is 4. The van der Waals surface area contributed by atoms with Crippen LogP contribution in [0.1, 0.15) is 0 Å². The van der Waals surface area contributed by atoms with E-state index < -0.39 is 42.4 Å². The summed E-state index contributed by atoms with van der Waals surface area (Å²) in [7, 11) is 6.11. The van der Waals surface area contributed by atoms with Crippen molar-refractivity contribution in [3.63, 3.8) is 0 Å². The molecular weight excluding hydrogens is 524 g/mol. The van der Waals surface area contributed by atoms with Gasteiger partial charge in [0.25, 0.3) is 0 Å². The predicted octanol–water partition coefficient (Wildman–Crippen LogP) is -2.86. The van der Waals surface area contributed by atoms with Crippen LogP contribution in [0, 0.1) is 0 Å². The first-order valence-electron chi connectivity index (χ1n) is 11.9. The molecule has 0 heterocycles. The van der Waals surface area contributed by atoms with Crippen LogP contribution in [0.4, 0.5) is 0 Å². The number of carboxylic acids is 1. The Kier molecular flexibility index (Phi) is 18.8. The lowest BCUT2D eigenvalue weighted by Crippen LogP contribution is -2.47. The third-order valence-corrected chi connectivity index (χ3v) is 5.46. The van der Waals surface area contributed by atoms with Crippen molar-refractivity contribution in [2.24, 2.45) is 0 Å². The largest absolute Gasteiger partial charge is 0.480 e. The highest BCUT2D eigenvalue weighted by atomic mass is 16.5. The van der Waals surface area contributed by atoms with Crippen molar-refractivity contribution in [1.82, 2.24) is 19.6 Å². The molecule has 0 amide bonds. The van der Waals surface area contributed by atoms with Crippen molar-refractivity contribution in [2.45, 2.75) is 0 Å². The van der Waals surface area contributed by atoms with Gasteiger partial charge in [-0.15, -0.1) is 0 Å². The van der Waals surface area contributed by atoms with E-state index in [1.165, 1.54) is 45.3 Å². The number of methoxy groups -OCH3 is 5. The van der Waals surface area contributed by atoms with Gasteiger partial charge in [-0.05, 0) is 0 Å². The van der Waals surface area contributed by atoms with Gasteiger partial charge in [-0.1, -0.05) is 0 Å². The summed E-state index contributed by atoms with van der Waals surface area (Å²) in [6, 6.07) is 0. The minimum absolute atomic E-state index is 0.111. The van der Waals surface area contributed by atoms with E-state index in [2.05, 4.69) is 14.2 Å². The minimum Gasteiger partial charge on any atom is -0.480 e. The molecule has 16 heteroatoms. The lowest BCUT2D eigenvalue weighted by atomic mass is 10.3. The average Bonchev–Trinajstić information content (AvgIpc) is 2.91. The molecular formula is C23H40N4O12. The van der Waals surface area contributed by atoms with E-state index in [0.29, 0.717) is 0 Å². The van der Waals surface area contributed by atoms with Crippen LogP contribution in [0.25, 0.3) is 0 Å². The number of esters is 5. The first-order valence-corrected chi connectivity index (χ1v) is 11.9. The number of ether oxygens (including phenoxy) is 5. The van der Waals surface area contributed by atoms with Gasteiger partial charge in [0.15, 0.2) is 0 Å². The van der Waals surface area contributed by atoms with Gasteiger partial charge in [0.05, 0.1) is 74.8 Å². The highest BCUT2D eigenvalue weighted by molar-refractivity contribution is 5.75. The molecule has 0 aliphatic rings.